The Labute approximate surface area is 116 Å². The van der Waals surface area contributed by atoms with Crippen LogP contribution in [-0.4, -0.2) is 34.5 Å². The van der Waals surface area contributed by atoms with Crippen LogP contribution < -0.4 is 5.32 Å². The van der Waals surface area contributed by atoms with E-state index in [1.807, 2.05) is 13.8 Å². The molecule has 1 N–H and O–H groups in total. The van der Waals surface area contributed by atoms with E-state index in [0.717, 1.165) is 12.8 Å². The molecule has 1 aromatic heterocycles. The summed E-state index contributed by atoms with van der Waals surface area (Å²) in [4.78, 5) is 12.3. The third-order valence-electron chi connectivity index (χ3n) is 3.55. The number of rotatable bonds is 2. The van der Waals surface area contributed by atoms with Gasteiger partial charge in [-0.2, -0.15) is 0 Å². The number of carbonyl (C=O) groups is 1. The van der Waals surface area contributed by atoms with Gasteiger partial charge in [0.25, 0.3) is 5.91 Å². The maximum atomic E-state index is 12.3. The Hall–Kier alpha value is -1.95. The lowest BCUT2D eigenvalue weighted by molar-refractivity contribution is -0.0615. The molecule has 1 saturated heterocycles. The predicted octanol–water partition coefficient (Wildman–Crippen LogP) is 1.91. The number of ether oxygens (including phenoxy) is 1. The lowest BCUT2D eigenvalue weighted by Crippen LogP contribution is -2.45. The largest absolute Gasteiger partial charge is 0.375 e. The second kappa shape index (κ2) is 4.86. The summed E-state index contributed by atoms with van der Waals surface area (Å²) in [6.45, 7) is 4.75. The van der Waals surface area contributed by atoms with Crippen LogP contribution in [-0.2, 0) is 4.74 Å². The normalized spacial score (nSPS) is 21.8. The molecule has 1 aliphatic heterocycles. The van der Waals surface area contributed by atoms with Gasteiger partial charge in [-0.3, -0.25) is 4.79 Å². The number of nitrogens with one attached hydrogen (secondary N) is 1. The summed E-state index contributed by atoms with van der Waals surface area (Å²) in [6, 6.07) is 5.28. The Morgan fingerprint density at radius 1 is 1.35 bits per heavy atom. The minimum atomic E-state index is -0.184. The summed E-state index contributed by atoms with van der Waals surface area (Å²) in [5.74, 6) is -0.0994. The SMILES string of the molecule is CC1(C)CC(NC(=O)c2ccc3nonc3c2)CCO1. The highest BCUT2D eigenvalue weighted by atomic mass is 16.6. The molecule has 1 unspecified atom stereocenters. The molecule has 1 aromatic carbocycles. The van der Waals surface area contributed by atoms with Crippen LogP contribution in [0.25, 0.3) is 11.0 Å². The molecule has 0 saturated carbocycles. The summed E-state index contributed by atoms with van der Waals surface area (Å²) >= 11 is 0. The fraction of sp³-hybridized carbons (Fsp3) is 0.500. The summed E-state index contributed by atoms with van der Waals surface area (Å²) in [6.07, 6.45) is 1.65. The molecule has 0 aliphatic carbocycles. The van der Waals surface area contributed by atoms with Gasteiger partial charge < -0.3 is 10.1 Å². The van der Waals surface area contributed by atoms with E-state index in [9.17, 15) is 4.79 Å². The topological polar surface area (TPSA) is 77.3 Å². The Morgan fingerprint density at radius 2 is 2.15 bits per heavy atom. The Balaban J connectivity index is 1.72. The second-order valence-electron chi connectivity index (χ2n) is 5.74. The number of carbonyl (C=O) groups excluding carboxylic acids is 1. The highest BCUT2D eigenvalue weighted by Crippen LogP contribution is 2.24. The maximum Gasteiger partial charge on any atom is 0.251 e. The van der Waals surface area contributed by atoms with E-state index in [1.165, 1.54) is 0 Å². The first kappa shape index (κ1) is 13.1. The van der Waals surface area contributed by atoms with Crippen molar-refractivity contribution in [2.45, 2.75) is 38.3 Å². The van der Waals surface area contributed by atoms with E-state index >= 15 is 0 Å². The number of aromatic nitrogens is 2. The molecule has 0 spiro atoms. The summed E-state index contributed by atoms with van der Waals surface area (Å²) < 4.78 is 10.3. The minimum absolute atomic E-state index is 0.0994. The molecule has 6 heteroatoms. The molecule has 1 atom stereocenters. The first-order chi connectivity index (χ1) is 9.53. The highest BCUT2D eigenvalue weighted by Gasteiger charge is 2.29. The van der Waals surface area contributed by atoms with Gasteiger partial charge >= 0.3 is 0 Å². The molecule has 2 aromatic rings. The van der Waals surface area contributed by atoms with Crippen molar-refractivity contribution in [3.63, 3.8) is 0 Å². The Bertz CT molecular complexity index is 635. The van der Waals surface area contributed by atoms with E-state index in [2.05, 4.69) is 20.3 Å². The average Bonchev–Trinajstić information content (AvgIpc) is 2.84. The fourth-order valence-electron chi connectivity index (χ4n) is 2.55. The van der Waals surface area contributed by atoms with Gasteiger partial charge in [-0.25, -0.2) is 4.63 Å². The Morgan fingerprint density at radius 3 is 2.95 bits per heavy atom. The van der Waals surface area contributed by atoms with E-state index in [-0.39, 0.29) is 17.6 Å². The van der Waals surface area contributed by atoms with Gasteiger partial charge in [0.15, 0.2) is 0 Å². The summed E-state index contributed by atoms with van der Waals surface area (Å²) in [5.41, 5.74) is 1.62. The quantitative estimate of drug-likeness (QED) is 0.905. The van der Waals surface area contributed by atoms with Crippen molar-refractivity contribution >= 4 is 16.9 Å². The highest BCUT2D eigenvalue weighted by molar-refractivity contribution is 5.97. The van der Waals surface area contributed by atoms with Gasteiger partial charge in [0.05, 0.1) is 5.60 Å². The molecule has 20 heavy (non-hydrogen) atoms. The monoisotopic (exact) mass is 275 g/mol. The van der Waals surface area contributed by atoms with E-state index in [4.69, 9.17) is 4.74 Å². The third-order valence-corrected chi connectivity index (χ3v) is 3.55. The van der Waals surface area contributed by atoms with Gasteiger partial charge in [-0.05, 0) is 55.2 Å². The van der Waals surface area contributed by atoms with Crippen LogP contribution in [0.3, 0.4) is 0 Å². The van der Waals surface area contributed by atoms with Crippen LogP contribution in [0.4, 0.5) is 0 Å². The summed E-state index contributed by atoms with van der Waals surface area (Å²) in [5, 5.41) is 10.5. The molecular formula is C14H17N3O3. The number of fused-ring (bicyclic) bond motifs is 1. The number of benzene rings is 1. The van der Waals surface area contributed by atoms with Crippen LogP contribution in [0.5, 0.6) is 0 Å². The number of amides is 1. The third kappa shape index (κ3) is 2.65. The van der Waals surface area contributed by atoms with Crippen molar-refractivity contribution in [2.75, 3.05) is 6.61 Å². The molecule has 3 rings (SSSR count). The van der Waals surface area contributed by atoms with Gasteiger partial charge in [-0.1, -0.05) is 0 Å². The Kier molecular flexibility index (Phi) is 3.17. The van der Waals surface area contributed by atoms with Crippen LogP contribution in [0.2, 0.25) is 0 Å². The zero-order valence-corrected chi connectivity index (χ0v) is 11.5. The van der Waals surface area contributed by atoms with Crippen LogP contribution in [0.1, 0.15) is 37.0 Å². The molecule has 1 fully saturated rings. The number of hydrogen-bond acceptors (Lipinski definition) is 5. The van der Waals surface area contributed by atoms with Gasteiger partial charge in [0.1, 0.15) is 11.0 Å². The molecule has 2 heterocycles. The van der Waals surface area contributed by atoms with E-state index in [0.29, 0.717) is 23.2 Å². The lowest BCUT2D eigenvalue weighted by Gasteiger charge is -2.35. The van der Waals surface area contributed by atoms with Crippen molar-refractivity contribution in [3.8, 4) is 0 Å². The van der Waals surface area contributed by atoms with Gasteiger partial charge in [-0.15, -0.1) is 0 Å². The van der Waals surface area contributed by atoms with Crippen LogP contribution in [0.15, 0.2) is 22.8 Å². The van der Waals surface area contributed by atoms with Crippen molar-refractivity contribution < 1.29 is 14.2 Å². The van der Waals surface area contributed by atoms with Crippen molar-refractivity contribution in [1.82, 2.24) is 15.6 Å². The van der Waals surface area contributed by atoms with Gasteiger partial charge in [0.2, 0.25) is 0 Å². The predicted molar refractivity (Wildman–Crippen MR) is 72.3 cm³/mol. The van der Waals surface area contributed by atoms with Crippen molar-refractivity contribution in [3.05, 3.63) is 23.8 Å². The van der Waals surface area contributed by atoms with Crippen molar-refractivity contribution in [1.29, 1.82) is 0 Å². The van der Waals surface area contributed by atoms with E-state index < -0.39 is 0 Å². The first-order valence-electron chi connectivity index (χ1n) is 6.71. The molecule has 0 bridgehead atoms. The fourth-order valence-corrected chi connectivity index (χ4v) is 2.55. The first-order valence-corrected chi connectivity index (χ1v) is 6.71. The van der Waals surface area contributed by atoms with Crippen molar-refractivity contribution in [2.24, 2.45) is 0 Å². The number of hydrogen-bond donors (Lipinski definition) is 1. The second-order valence-corrected chi connectivity index (χ2v) is 5.74. The van der Waals surface area contributed by atoms with Gasteiger partial charge in [0, 0.05) is 18.2 Å². The molecule has 1 amide bonds. The molecule has 0 radical (unpaired) electrons. The molecule has 106 valence electrons. The summed E-state index contributed by atoms with van der Waals surface area (Å²) in [7, 11) is 0. The smallest absolute Gasteiger partial charge is 0.251 e. The standard InChI is InChI=1S/C14H17N3O3/c1-14(2)8-10(5-6-19-14)15-13(18)9-3-4-11-12(7-9)17-20-16-11/h3-4,7,10H,5-6,8H2,1-2H3,(H,15,18). The van der Waals surface area contributed by atoms with E-state index in [1.54, 1.807) is 18.2 Å². The zero-order valence-electron chi connectivity index (χ0n) is 11.5. The lowest BCUT2D eigenvalue weighted by atomic mass is 9.94. The number of nitrogens with zero attached hydrogens (tertiary/aromatic N) is 2. The molecule has 1 aliphatic rings. The van der Waals surface area contributed by atoms with Crippen LogP contribution in [0, 0.1) is 0 Å². The zero-order chi connectivity index (χ0) is 14.2. The average molecular weight is 275 g/mol. The minimum Gasteiger partial charge on any atom is -0.375 e. The maximum absolute atomic E-state index is 12.3. The van der Waals surface area contributed by atoms with Crippen LogP contribution >= 0.6 is 0 Å². The molecular weight excluding hydrogens is 258 g/mol. The molecule has 6 nitrogen and oxygen atoms in total.